The molecule has 0 saturated heterocycles. The van der Waals surface area contributed by atoms with Crippen molar-refractivity contribution < 1.29 is 9.18 Å². The molecule has 1 aromatic heterocycles. The average Bonchev–Trinajstić information content (AvgIpc) is 3.20. The van der Waals surface area contributed by atoms with E-state index in [2.05, 4.69) is 27.4 Å². The van der Waals surface area contributed by atoms with E-state index >= 15 is 0 Å². The fourth-order valence-electron chi connectivity index (χ4n) is 3.72. The summed E-state index contributed by atoms with van der Waals surface area (Å²) in [5.41, 5.74) is 5.40. The Bertz CT molecular complexity index is 1110. The van der Waals surface area contributed by atoms with Crippen LogP contribution >= 0.6 is 0 Å². The fraction of sp³-hybridized carbons (Fsp3) is 0.167. The van der Waals surface area contributed by atoms with Crippen LogP contribution in [0.3, 0.4) is 0 Å². The summed E-state index contributed by atoms with van der Waals surface area (Å²) in [5, 5.41) is 2.97. The van der Waals surface area contributed by atoms with Gasteiger partial charge in [-0.1, -0.05) is 42.5 Å². The molecule has 4 rings (SSSR count). The molecule has 1 aliphatic rings. The van der Waals surface area contributed by atoms with Crippen LogP contribution in [0, 0.1) is 5.82 Å². The monoisotopic (exact) mass is 387 g/mol. The summed E-state index contributed by atoms with van der Waals surface area (Å²) in [6.45, 7) is 2.48. The number of aromatic amines is 1. The molecule has 4 nitrogen and oxygen atoms in total. The SMILES string of the molecule is CN=C(/C=C(\C)c1cc2c([nH]1)C(c1ccccc1)CNC2=O)c1ccccc1F. The molecule has 0 fully saturated rings. The van der Waals surface area contributed by atoms with Gasteiger partial charge in [0.15, 0.2) is 0 Å². The predicted molar refractivity (Wildman–Crippen MR) is 114 cm³/mol. The molecule has 0 radical (unpaired) electrons. The lowest BCUT2D eigenvalue weighted by Crippen LogP contribution is -2.35. The lowest BCUT2D eigenvalue weighted by atomic mass is 9.90. The highest BCUT2D eigenvalue weighted by Crippen LogP contribution is 2.31. The third kappa shape index (κ3) is 3.63. The zero-order valence-electron chi connectivity index (χ0n) is 16.4. The number of amides is 1. The number of carbonyl (C=O) groups excluding carboxylic acids is 1. The number of benzene rings is 2. The number of rotatable bonds is 4. The summed E-state index contributed by atoms with van der Waals surface area (Å²) in [4.78, 5) is 20.1. The largest absolute Gasteiger partial charge is 0.357 e. The molecule has 0 bridgehead atoms. The number of hydrogen-bond donors (Lipinski definition) is 2. The number of fused-ring (bicyclic) bond motifs is 1. The minimum atomic E-state index is -0.313. The van der Waals surface area contributed by atoms with Gasteiger partial charge in [-0.25, -0.2) is 4.39 Å². The van der Waals surface area contributed by atoms with E-state index < -0.39 is 0 Å². The van der Waals surface area contributed by atoms with Crippen LogP contribution in [0.25, 0.3) is 5.57 Å². The standard InChI is InChI=1S/C24H22FN3O/c1-15(12-22(26-2)17-10-6-7-11-20(17)25)21-13-18-23(28-21)19(14-27-24(18)29)16-8-4-3-5-9-16/h3-13,19,28H,14H2,1-2H3,(H,27,29)/b15-12+,26-22?. The third-order valence-corrected chi connectivity index (χ3v) is 5.28. The van der Waals surface area contributed by atoms with E-state index in [9.17, 15) is 9.18 Å². The molecule has 0 spiro atoms. The van der Waals surface area contributed by atoms with Crippen molar-refractivity contribution in [3.63, 3.8) is 0 Å². The molecule has 1 amide bonds. The fourth-order valence-corrected chi connectivity index (χ4v) is 3.72. The molecule has 29 heavy (non-hydrogen) atoms. The van der Waals surface area contributed by atoms with Crippen molar-refractivity contribution in [1.82, 2.24) is 10.3 Å². The first-order chi connectivity index (χ1) is 14.1. The van der Waals surface area contributed by atoms with Crippen molar-refractivity contribution in [1.29, 1.82) is 0 Å². The molecule has 1 atom stereocenters. The topological polar surface area (TPSA) is 57.2 Å². The van der Waals surface area contributed by atoms with Crippen molar-refractivity contribution in [3.05, 3.63) is 101 Å². The molecular weight excluding hydrogens is 365 g/mol. The Morgan fingerprint density at radius 3 is 2.59 bits per heavy atom. The quantitative estimate of drug-likeness (QED) is 0.634. The summed E-state index contributed by atoms with van der Waals surface area (Å²) in [6.07, 6.45) is 1.84. The van der Waals surface area contributed by atoms with Crippen LogP contribution in [-0.4, -0.2) is 30.2 Å². The van der Waals surface area contributed by atoms with Crippen LogP contribution in [0.2, 0.25) is 0 Å². The van der Waals surface area contributed by atoms with Gasteiger partial charge in [0.25, 0.3) is 5.91 Å². The molecule has 2 N–H and O–H groups in total. The lowest BCUT2D eigenvalue weighted by Gasteiger charge is -2.23. The molecule has 146 valence electrons. The van der Waals surface area contributed by atoms with Gasteiger partial charge in [0.05, 0.1) is 11.3 Å². The second kappa shape index (κ2) is 7.87. The first kappa shape index (κ1) is 18.9. The highest BCUT2D eigenvalue weighted by Gasteiger charge is 2.29. The van der Waals surface area contributed by atoms with Gasteiger partial charge >= 0.3 is 0 Å². The molecule has 0 aliphatic carbocycles. The Hall–Kier alpha value is -3.47. The van der Waals surface area contributed by atoms with Gasteiger partial charge in [0.1, 0.15) is 5.82 Å². The third-order valence-electron chi connectivity index (χ3n) is 5.28. The van der Waals surface area contributed by atoms with Crippen molar-refractivity contribution in [2.24, 2.45) is 4.99 Å². The molecule has 1 aliphatic heterocycles. The summed E-state index contributed by atoms with van der Waals surface area (Å²) in [5.74, 6) is -0.330. The minimum absolute atomic E-state index is 0.0660. The molecular formula is C24H22FN3O. The second-order valence-corrected chi connectivity index (χ2v) is 7.10. The molecule has 5 heteroatoms. The first-order valence-corrected chi connectivity index (χ1v) is 9.55. The number of halogens is 1. The zero-order chi connectivity index (χ0) is 20.4. The summed E-state index contributed by atoms with van der Waals surface area (Å²) < 4.78 is 14.2. The normalized spacial score (nSPS) is 17.1. The van der Waals surface area contributed by atoms with Gasteiger partial charge < -0.3 is 10.3 Å². The maximum atomic E-state index is 14.2. The Balaban J connectivity index is 1.72. The van der Waals surface area contributed by atoms with Crippen LogP contribution in [0.15, 0.2) is 71.7 Å². The number of H-pyrrole nitrogens is 1. The number of allylic oxidation sites excluding steroid dienone is 2. The maximum Gasteiger partial charge on any atom is 0.253 e. The average molecular weight is 387 g/mol. The highest BCUT2D eigenvalue weighted by molar-refractivity contribution is 6.12. The van der Waals surface area contributed by atoms with Crippen LogP contribution < -0.4 is 5.32 Å². The Morgan fingerprint density at radius 1 is 1.14 bits per heavy atom. The van der Waals surface area contributed by atoms with E-state index in [0.717, 1.165) is 22.5 Å². The van der Waals surface area contributed by atoms with Crippen LogP contribution in [-0.2, 0) is 0 Å². The van der Waals surface area contributed by atoms with Gasteiger partial charge in [-0.15, -0.1) is 0 Å². The maximum absolute atomic E-state index is 14.2. The lowest BCUT2D eigenvalue weighted by molar-refractivity contribution is 0.0942. The number of carbonyl (C=O) groups is 1. The van der Waals surface area contributed by atoms with Gasteiger partial charge in [0, 0.05) is 36.5 Å². The predicted octanol–water partition coefficient (Wildman–Crippen LogP) is 4.55. The molecule has 0 saturated carbocycles. The van der Waals surface area contributed by atoms with Crippen molar-refractivity contribution in [2.45, 2.75) is 12.8 Å². The van der Waals surface area contributed by atoms with Gasteiger partial charge in [0.2, 0.25) is 0 Å². The van der Waals surface area contributed by atoms with E-state index in [1.165, 1.54) is 6.07 Å². The number of aliphatic imine (C=N–C) groups is 1. The number of nitrogens with zero attached hydrogens (tertiary/aromatic N) is 1. The van der Waals surface area contributed by atoms with E-state index in [1.54, 1.807) is 25.2 Å². The van der Waals surface area contributed by atoms with E-state index in [1.807, 2.05) is 37.3 Å². The Kier molecular flexibility index (Phi) is 5.12. The summed E-state index contributed by atoms with van der Waals surface area (Å²) in [7, 11) is 1.64. The van der Waals surface area contributed by atoms with Crippen LogP contribution in [0.4, 0.5) is 4.39 Å². The number of nitrogens with one attached hydrogen (secondary N) is 2. The summed E-state index contributed by atoms with van der Waals surface area (Å²) in [6, 6.07) is 18.5. The van der Waals surface area contributed by atoms with E-state index in [0.29, 0.717) is 23.4 Å². The first-order valence-electron chi connectivity index (χ1n) is 9.55. The van der Waals surface area contributed by atoms with E-state index in [-0.39, 0.29) is 17.6 Å². The molecule has 2 aromatic carbocycles. The summed E-state index contributed by atoms with van der Waals surface area (Å²) >= 11 is 0. The smallest absolute Gasteiger partial charge is 0.253 e. The van der Waals surface area contributed by atoms with E-state index in [4.69, 9.17) is 0 Å². The van der Waals surface area contributed by atoms with Crippen molar-refractivity contribution in [3.8, 4) is 0 Å². The minimum Gasteiger partial charge on any atom is -0.357 e. The molecule has 2 heterocycles. The van der Waals surface area contributed by atoms with Crippen molar-refractivity contribution in [2.75, 3.05) is 13.6 Å². The van der Waals surface area contributed by atoms with Crippen LogP contribution in [0.1, 0.15) is 45.7 Å². The van der Waals surface area contributed by atoms with Gasteiger partial charge in [-0.05, 0) is 42.3 Å². The van der Waals surface area contributed by atoms with Crippen molar-refractivity contribution >= 4 is 17.2 Å². The Morgan fingerprint density at radius 2 is 1.86 bits per heavy atom. The zero-order valence-corrected chi connectivity index (χ0v) is 16.4. The highest BCUT2D eigenvalue weighted by atomic mass is 19.1. The number of hydrogen-bond acceptors (Lipinski definition) is 2. The Labute approximate surface area is 169 Å². The van der Waals surface area contributed by atoms with Gasteiger partial charge in [-0.3, -0.25) is 9.79 Å². The number of aromatic nitrogens is 1. The van der Waals surface area contributed by atoms with Crippen LogP contribution in [0.5, 0.6) is 0 Å². The van der Waals surface area contributed by atoms with Gasteiger partial charge in [-0.2, -0.15) is 0 Å². The second-order valence-electron chi connectivity index (χ2n) is 7.10. The molecule has 1 unspecified atom stereocenters. The molecule has 3 aromatic rings.